The van der Waals surface area contributed by atoms with Crippen molar-refractivity contribution in [3.05, 3.63) is 0 Å². The van der Waals surface area contributed by atoms with Crippen LogP contribution in [0.25, 0.3) is 0 Å². The van der Waals surface area contributed by atoms with Crippen molar-refractivity contribution in [3.8, 4) is 0 Å². The molecule has 0 fully saturated rings. The Kier molecular flexibility index (Phi) is 47.6. The molecule has 0 spiro atoms. The summed E-state index contributed by atoms with van der Waals surface area (Å²) in [6, 6.07) is 0. The highest BCUT2D eigenvalue weighted by atomic mass is 16.6. The number of carbonyl (C=O) groups excluding carboxylic acids is 3. The fraction of sp³-hybridized carbons (Fsp3) is 0.946. The predicted molar refractivity (Wildman–Crippen MR) is 266 cm³/mol. The van der Waals surface area contributed by atoms with Crippen LogP contribution in [0.3, 0.4) is 0 Å². The second-order valence-corrected chi connectivity index (χ2v) is 20.2. The monoisotopic (exact) mass is 877 g/mol. The van der Waals surface area contributed by atoms with Gasteiger partial charge in [0.15, 0.2) is 6.10 Å². The lowest BCUT2D eigenvalue weighted by Gasteiger charge is -2.18. The molecule has 0 aliphatic heterocycles. The van der Waals surface area contributed by atoms with Crippen LogP contribution in [0.1, 0.15) is 311 Å². The van der Waals surface area contributed by atoms with Crippen molar-refractivity contribution in [1.82, 2.24) is 0 Å². The molecule has 0 unspecified atom stereocenters. The molecular weight excluding hydrogens is 769 g/mol. The van der Waals surface area contributed by atoms with Crippen LogP contribution in [0.4, 0.5) is 0 Å². The van der Waals surface area contributed by atoms with Crippen LogP contribution in [0, 0.1) is 11.8 Å². The predicted octanol–water partition coefficient (Wildman–Crippen LogP) is 18.1. The molecule has 0 rings (SSSR count). The molecule has 0 aromatic heterocycles. The molecule has 62 heavy (non-hydrogen) atoms. The van der Waals surface area contributed by atoms with Crippen LogP contribution in [-0.2, 0) is 28.6 Å². The molecule has 1 atom stereocenters. The number of rotatable bonds is 50. The smallest absolute Gasteiger partial charge is 0.306 e. The fourth-order valence-electron chi connectivity index (χ4n) is 8.52. The second kappa shape index (κ2) is 48.9. The van der Waals surface area contributed by atoms with E-state index >= 15 is 0 Å². The third-order valence-electron chi connectivity index (χ3n) is 12.7. The van der Waals surface area contributed by atoms with Gasteiger partial charge in [-0.2, -0.15) is 0 Å². The number of esters is 3. The van der Waals surface area contributed by atoms with Gasteiger partial charge in [-0.15, -0.1) is 0 Å². The summed E-state index contributed by atoms with van der Waals surface area (Å²) in [5.41, 5.74) is 0. The highest BCUT2D eigenvalue weighted by Gasteiger charge is 2.19. The summed E-state index contributed by atoms with van der Waals surface area (Å²) in [7, 11) is 0. The van der Waals surface area contributed by atoms with Crippen LogP contribution in [0.5, 0.6) is 0 Å². The van der Waals surface area contributed by atoms with Crippen LogP contribution < -0.4 is 0 Å². The summed E-state index contributed by atoms with van der Waals surface area (Å²) in [5, 5.41) is 0. The lowest BCUT2D eigenvalue weighted by atomic mass is 10.0. The number of hydrogen-bond acceptors (Lipinski definition) is 6. The van der Waals surface area contributed by atoms with Gasteiger partial charge >= 0.3 is 17.9 Å². The van der Waals surface area contributed by atoms with Crippen LogP contribution >= 0.6 is 0 Å². The number of carbonyl (C=O) groups is 3. The zero-order valence-electron chi connectivity index (χ0n) is 42.5. The van der Waals surface area contributed by atoms with Gasteiger partial charge in [0.1, 0.15) is 13.2 Å². The average Bonchev–Trinajstić information content (AvgIpc) is 3.24. The van der Waals surface area contributed by atoms with Crippen LogP contribution in [0.2, 0.25) is 0 Å². The van der Waals surface area contributed by atoms with Crippen molar-refractivity contribution < 1.29 is 28.6 Å². The molecular formula is C56H108O6. The van der Waals surface area contributed by atoms with E-state index in [9.17, 15) is 14.4 Å². The minimum absolute atomic E-state index is 0.0633. The quantitative estimate of drug-likeness (QED) is 0.0344. The first-order valence-corrected chi connectivity index (χ1v) is 27.7. The van der Waals surface area contributed by atoms with Gasteiger partial charge in [-0.1, -0.05) is 272 Å². The molecule has 0 aromatic carbocycles. The first-order valence-electron chi connectivity index (χ1n) is 27.7. The van der Waals surface area contributed by atoms with E-state index < -0.39 is 6.10 Å². The lowest BCUT2D eigenvalue weighted by Crippen LogP contribution is -2.30. The zero-order valence-corrected chi connectivity index (χ0v) is 42.5. The summed E-state index contributed by atoms with van der Waals surface area (Å²) in [6.07, 6.45) is 51.0. The van der Waals surface area contributed by atoms with Gasteiger partial charge in [0.25, 0.3) is 0 Å². The number of hydrogen-bond donors (Lipinski definition) is 0. The van der Waals surface area contributed by atoms with E-state index in [1.165, 1.54) is 199 Å². The SMILES string of the molecule is CCCCCCCCCCCC(=O)O[C@H](COC(=O)CCCCCCCCCCCCCCCCCCCCC(C)C)COC(=O)CCCCCCCCCCCCCC(C)C. The first kappa shape index (κ1) is 60.4. The molecule has 0 bridgehead atoms. The molecule has 6 nitrogen and oxygen atoms in total. The maximum atomic E-state index is 12.7. The molecule has 0 heterocycles. The van der Waals surface area contributed by atoms with E-state index in [-0.39, 0.29) is 31.1 Å². The van der Waals surface area contributed by atoms with E-state index in [0.29, 0.717) is 19.3 Å². The van der Waals surface area contributed by atoms with Crippen LogP contribution in [-0.4, -0.2) is 37.2 Å². The minimum atomic E-state index is -0.761. The standard InChI is InChI=1S/C56H108O6/c1-6-7-8-9-10-24-33-38-43-48-56(59)62-53(50-61-55(58)47-42-37-32-28-23-19-21-26-30-35-40-45-52(4)5)49-60-54(57)46-41-36-31-27-22-18-16-14-12-11-13-15-17-20-25-29-34-39-44-51(2)3/h51-53H,6-50H2,1-5H3/t53-/m1/s1. The van der Waals surface area contributed by atoms with Gasteiger partial charge in [-0.05, 0) is 31.1 Å². The Labute approximate surface area is 387 Å². The molecule has 0 saturated carbocycles. The van der Waals surface area contributed by atoms with Crippen molar-refractivity contribution in [3.63, 3.8) is 0 Å². The van der Waals surface area contributed by atoms with Crippen molar-refractivity contribution in [2.45, 2.75) is 317 Å². The van der Waals surface area contributed by atoms with E-state index in [1.807, 2.05) is 0 Å². The number of ether oxygens (including phenoxy) is 3. The Balaban J connectivity index is 4.16. The third-order valence-corrected chi connectivity index (χ3v) is 12.7. The van der Waals surface area contributed by atoms with Crippen molar-refractivity contribution in [2.24, 2.45) is 11.8 Å². The largest absolute Gasteiger partial charge is 0.462 e. The third kappa shape index (κ3) is 49.4. The van der Waals surface area contributed by atoms with Gasteiger partial charge in [-0.25, -0.2) is 0 Å². The van der Waals surface area contributed by atoms with Crippen molar-refractivity contribution in [1.29, 1.82) is 0 Å². The first-order chi connectivity index (χ1) is 30.2. The molecule has 0 aliphatic carbocycles. The number of unbranched alkanes of at least 4 members (excludes halogenated alkanes) is 35. The maximum Gasteiger partial charge on any atom is 0.306 e. The van der Waals surface area contributed by atoms with Gasteiger partial charge < -0.3 is 14.2 Å². The Morgan fingerprint density at radius 3 is 0.790 bits per heavy atom. The van der Waals surface area contributed by atoms with Crippen molar-refractivity contribution in [2.75, 3.05) is 13.2 Å². The van der Waals surface area contributed by atoms with E-state index in [2.05, 4.69) is 34.6 Å². The topological polar surface area (TPSA) is 78.9 Å². The highest BCUT2D eigenvalue weighted by molar-refractivity contribution is 5.71. The van der Waals surface area contributed by atoms with Crippen LogP contribution in [0.15, 0.2) is 0 Å². The molecule has 0 saturated heterocycles. The molecule has 0 radical (unpaired) electrons. The molecule has 0 N–H and O–H groups in total. The normalized spacial score (nSPS) is 12.0. The Morgan fingerprint density at radius 2 is 0.532 bits per heavy atom. The maximum absolute atomic E-state index is 12.7. The molecule has 368 valence electrons. The molecule has 6 heteroatoms. The molecule has 0 aliphatic rings. The van der Waals surface area contributed by atoms with E-state index in [0.717, 1.165) is 69.6 Å². The minimum Gasteiger partial charge on any atom is -0.462 e. The Morgan fingerprint density at radius 1 is 0.306 bits per heavy atom. The zero-order chi connectivity index (χ0) is 45.4. The summed E-state index contributed by atoms with van der Waals surface area (Å²) in [6.45, 7) is 11.4. The van der Waals surface area contributed by atoms with Gasteiger partial charge in [0.2, 0.25) is 0 Å². The van der Waals surface area contributed by atoms with Gasteiger partial charge in [0.05, 0.1) is 0 Å². The molecule has 0 amide bonds. The van der Waals surface area contributed by atoms with Crippen molar-refractivity contribution >= 4 is 17.9 Å². The summed E-state index contributed by atoms with van der Waals surface area (Å²) >= 11 is 0. The van der Waals surface area contributed by atoms with Gasteiger partial charge in [-0.3, -0.25) is 14.4 Å². The summed E-state index contributed by atoms with van der Waals surface area (Å²) < 4.78 is 16.8. The lowest BCUT2D eigenvalue weighted by molar-refractivity contribution is -0.167. The Bertz CT molecular complexity index is 947. The van der Waals surface area contributed by atoms with E-state index in [1.54, 1.807) is 0 Å². The van der Waals surface area contributed by atoms with Gasteiger partial charge in [0, 0.05) is 19.3 Å². The average molecular weight is 877 g/mol. The second-order valence-electron chi connectivity index (χ2n) is 20.2. The summed E-state index contributed by atoms with van der Waals surface area (Å²) in [5.74, 6) is 0.840. The summed E-state index contributed by atoms with van der Waals surface area (Å²) in [4.78, 5) is 37.9. The van der Waals surface area contributed by atoms with E-state index in [4.69, 9.17) is 14.2 Å². The highest BCUT2D eigenvalue weighted by Crippen LogP contribution is 2.18. The fourth-order valence-corrected chi connectivity index (χ4v) is 8.52. The Hall–Kier alpha value is -1.59. The molecule has 0 aromatic rings.